The van der Waals surface area contributed by atoms with Crippen molar-refractivity contribution in [3.8, 4) is 0 Å². The molecule has 1 aliphatic rings. The van der Waals surface area contributed by atoms with Gasteiger partial charge in [-0.1, -0.05) is 41.5 Å². The first-order valence-corrected chi connectivity index (χ1v) is 18.1. The second-order valence-electron chi connectivity index (χ2n) is 12.6. The maximum absolute atomic E-state index is 12.8. The summed E-state index contributed by atoms with van der Waals surface area (Å²) in [5, 5.41) is 11.8. The Hall–Kier alpha value is -1.58. The standard InChI is InChI=1S/C24H44N2O8Si2/c1-22(2,3)35(8,9)32-15-16-24(30,14-18(28)31-7)19(34-36(10,11)23(4,5)6)20(33-16)26-13-12-17(27)25-21(26)29/h12-13,16,19-20,30H,14-15H2,1-11H3,(H,25,27,29)/t16-,19?,20-,24?/m1/s1. The van der Waals surface area contributed by atoms with Crippen LogP contribution in [0, 0.1) is 0 Å². The Morgan fingerprint density at radius 2 is 1.67 bits per heavy atom. The second-order valence-corrected chi connectivity index (χ2v) is 22.2. The minimum absolute atomic E-state index is 0.00402. The summed E-state index contributed by atoms with van der Waals surface area (Å²) in [6.07, 6.45) is -2.31. The molecule has 1 aliphatic heterocycles. The number of aromatic amines is 1. The number of hydrogen-bond acceptors (Lipinski definition) is 8. The minimum atomic E-state index is -2.55. The first kappa shape index (κ1) is 30.6. The lowest BCUT2D eigenvalue weighted by atomic mass is 9.88. The SMILES string of the molecule is COC(=O)CC1(O)C(O[Si](C)(C)C(C)(C)C)[C@H](n2ccc(=O)[nH]c2=O)O[C@@H]1CO[Si](C)(C)C(C)(C)C. The highest BCUT2D eigenvalue weighted by Gasteiger charge is 2.61. The van der Waals surface area contributed by atoms with E-state index in [4.69, 9.17) is 18.3 Å². The molecule has 1 aromatic heterocycles. The zero-order valence-corrected chi connectivity index (χ0v) is 25.6. The molecule has 4 atom stereocenters. The van der Waals surface area contributed by atoms with Crippen LogP contribution in [0.3, 0.4) is 0 Å². The highest BCUT2D eigenvalue weighted by atomic mass is 28.4. The predicted molar refractivity (Wildman–Crippen MR) is 142 cm³/mol. The summed E-state index contributed by atoms with van der Waals surface area (Å²) >= 11 is 0. The van der Waals surface area contributed by atoms with Crippen molar-refractivity contribution in [2.24, 2.45) is 0 Å². The molecule has 1 saturated heterocycles. The van der Waals surface area contributed by atoms with Crippen molar-refractivity contribution in [1.82, 2.24) is 9.55 Å². The molecule has 2 N–H and O–H groups in total. The lowest BCUT2D eigenvalue weighted by molar-refractivity contribution is -0.154. The van der Waals surface area contributed by atoms with E-state index in [0.29, 0.717) is 0 Å². The van der Waals surface area contributed by atoms with Gasteiger partial charge in [-0.3, -0.25) is 19.1 Å². The van der Waals surface area contributed by atoms with Gasteiger partial charge >= 0.3 is 11.7 Å². The Morgan fingerprint density at radius 1 is 1.11 bits per heavy atom. The maximum Gasteiger partial charge on any atom is 0.330 e. The Bertz CT molecular complexity index is 1050. The number of aliphatic hydroxyl groups is 1. The Labute approximate surface area is 215 Å². The monoisotopic (exact) mass is 544 g/mol. The molecule has 36 heavy (non-hydrogen) atoms. The van der Waals surface area contributed by atoms with Crippen molar-refractivity contribution < 1.29 is 28.2 Å². The molecule has 0 radical (unpaired) electrons. The van der Waals surface area contributed by atoms with Crippen LogP contribution >= 0.6 is 0 Å². The van der Waals surface area contributed by atoms with Gasteiger partial charge in [-0.05, 0) is 36.3 Å². The molecule has 0 bridgehead atoms. The van der Waals surface area contributed by atoms with E-state index in [1.807, 2.05) is 33.9 Å². The topological polar surface area (TPSA) is 129 Å². The largest absolute Gasteiger partial charge is 0.469 e. The lowest BCUT2D eigenvalue weighted by Crippen LogP contribution is -2.57. The zero-order chi connectivity index (χ0) is 27.9. The van der Waals surface area contributed by atoms with Gasteiger partial charge in [0.2, 0.25) is 0 Å². The molecule has 0 saturated carbocycles. The third kappa shape index (κ3) is 6.28. The van der Waals surface area contributed by atoms with Crippen molar-refractivity contribution in [1.29, 1.82) is 0 Å². The van der Waals surface area contributed by atoms with Gasteiger partial charge in [-0.15, -0.1) is 0 Å². The average Bonchev–Trinajstić information content (AvgIpc) is 2.95. The molecule has 2 heterocycles. The van der Waals surface area contributed by atoms with E-state index in [1.165, 1.54) is 23.9 Å². The molecule has 2 rings (SSSR count). The first-order chi connectivity index (χ1) is 16.2. The fourth-order valence-electron chi connectivity index (χ4n) is 3.48. The number of methoxy groups -OCH3 is 1. The molecule has 206 valence electrons. The summed E-state index contributed by atoms with van der Waals surface area (Å²) in [7, 11) is -3.56. The van der Waals surface area contributed by atoms with E-state index in [-0.39, 0.29) is 16.7 Å². The fourth-order valence-corrected chi connectivity index (χ4v) is 5.79. The zero-order valence-electron chi connectivity index (χ0n) is 23.6. The van der Waals surface area contributed by atoms with Crippen LogP contribution in [0.1, 0.15) is 54.2 Å². The van der Waals surface area contributed by atoms with Gasteiger partial charge < -0.3 is 23.4 Å². The number of ether oxygens (including phenoxy) is 2. The Balaban J connectivity index is 2.64. The van der Waals surface area contributed by atoms with E-state index in [0.717, 1.165) is 0 Å². The molecule has 0 aromatic carbocycles. The van der Waals surface area contributed by atoms with E-state index in [9.17, 15) is 19.5 Å². The Morgan fingerprint density at radius 3 is 2.14 bits per heavy atom. The normalized spacial score (nSPS) is 25.7. The number of carbonyl (C=O) groups excluding carboxylic acids is 1. The number of rotatable bonds is 8. The molecule has 0 amide bonds. The summed E-state index contributed by atoms with van der Waals surface area (Å²) in [4.78, 5) is 39.2. The molecule has 10 nitrogen and oxygen atoms in total. The quantitative estimate of drug-likeness (QED) is 0.377. The second kappa shape index (κ2) is 10.3. The number of esters is 1. The summed E-state index contributed by atoms with van der Waals surface area (Å²) in [5.41, 5.74) is -3.12. The van der Waals surface area contributed by atoms with Gasteiger partial charge in [0, 0.05) is 12.3 Å². The van der Waals surface area contributed by atoms with Crippen LogP contribution in [-0.4, -0.2) is 68.8 Å². The van der Waals surface area contributed by atoms with Crippen LogP contribution in [-0.2, 0) is 23.1 Å². The van der Waals surface area contributed by atoms with Gasteiger partial charge in [0.25, 0.3) is 5.56 Å². The third-order valence-electron chi connectivity index (χ3n) is 8.02. The van der Waals surface area contributed by atoms with E-state index in [1.54, 1.807) is 0 Å². The first-order valence-electron chi connectivity index (χ1n) is 12.2. The van der Waals surface area contributed by atoms with Gasteiger partial charge in [0.15, 0.2) is 22.9 Å². The molecule has 0 spiro atoms. The molecule has 1 aromatic rings. The van der Waals surface area contributed by atoms with Crippen LogP contribution in [0.2, 0.25) is 36.3 Å². The number of nitrogens with one attached hydrogen (secondary N) is 1. The Kier molecular flexibility index (Phi) is 8.76. The summed E-state index contributed by atoms with van der Waals surface area (Å²) in [5.74, 6) is -0.642. The molecular weight excluding hydrogens is 500 g/mol. The fraction of sp³-hybridized carbons (Fsp3) is 0.792. The molecular formula is C24H44N2O8Si2. The summed E-state index contributed by atoms with van der Waals surface area (Å²) in [6, 6.07) is 1.20. The number of aromatic nitrogens is 2. The van der Waals surface area contributed by atoms with Crippen LogP contribution < -0.4 is 11.2 Å². The van der Waals surface area contributed by atoms with Gasteiger partial charge in [0.05, 0.1) is 20.1 Å². The van der Waals surface area contributed by atoms with E-state index < -0.39 is 64.3 Å². The van der Waals surface area contributed by atoms with E-state index >= 15 is 0 Å². The summed E-state index contributed by atoms with van der Waals surface area (Å²) in [6.45, 7) is 20.6. The van der Waals surface area contributed by atoms with Gasteiger partial charge in [-0.2, -0.15) is 0 Å². The van der Waals surface area contributed by atoms with Gasteiger partial charge in [0.1, 0.15) is 17.8 Å². The highest BCUT2D eigenvalue weighted by Crippen LogP contribution is 2.47. The maximum atomic E-state index is 12.8. The number of H-pyrrole nitrogens is 1. The van der Waals surface area contributed by atoms with Gasteiger partial charge in [-0.25, -0.2) is 4.79 Å². The number of nitrogens with zero attached hydrogens (tertiary/aromatic N) is 1. The molecule has 0 aliphatic carbocycles. The van der Waals surface area contributed by atoms with Crippen molar-refractivity contribution in [3.05, 3.63) is 33.1 Å². The van der Waals surface area contributed by atoms with Crippen LogP contribution in [0.15, 0.2) is 21.9 Å². The highest BCUT2D eigenvalue weighted by molar-refractivity contribution is 6.74. The summed E-state index contributed by atoms with van der Waals surface area (Å²) < 4.78 is 25.4. The van der Waals surface area contributed by atoms with Crippen LogP contribution in [0.4, 0.5) is 0 Å². The van der Waals surface area contributed by atoms with Crippen molar-refractivity contribution in [2.75, 3.05) is 13.7 Å². The van der Waals surface area contributed by atoms with Crippen molar-refractivity contribution >= 4 is 22.6 Å². The smallest absolute Gasteiger partial charge is 0.330 e. The number of hydrogen-bond donors (Lipinski definition) is 2. The van der Waals surface area contributed by atoms with Crippen LogP contribution in [0.25, 0.3) is 0 Å². The molecule has 1 fully saturated rings. The lowest BCUT2D eigenvalue weighted by Gasteiger charge is -2.43. The minimum Gasteiger partial charge on any atom is -0.469 e. The van der Waals surface area contributed by atoms with Crippen LogP contribution in [0.5, 0.6) is 0 Å². The average molecular weight is 545 g/mol. The van der Waals surface area contributed by atoms with Crippen molar-refractivity contribution in [3.63, 3.8) is 0 Å². The molecule has 2 unspecified atom stereocenters. The van der Waals surface area contributed by atoms with Crippen molar-refractivity contribution in [2.45, 2.75) is 108 Å². The van der Waals surface area contributed by atoms with E-state index in [2.05, 4.69) is 38.8 Å². The predicted octanol–water partition coefficient (Wildman–Crippen LogP) is 3.14. The number of carbonyl (C=O) groups is 1. The third-order valence-corrected chi connectivity index (χ3v) is 17.0. The molecule has 12 heteroatoms.